The molecule has 1 amide bonds. The summed E-state index contributed by atoms with van der Waals surface area (Å²) in [6.45, 7) is 1.73. The highest BCUT2D eigenvalue weighted by atomic mass is 35.5. The fourth-order valence-electron chi connectivity index (χ4n) is 3.22. The first kappa shape index (κ1) is 13.9. The summed E-state index contributed by atoms with van der Waals surface area (Å²) in [5.41, 5.74) is 0.860. The molecule has 0 bridgehead atoms. The minimum atomic E-state index is -0.264. The Morgan fingerprint density at radius 3 is 2.65 bits per heavy atom. The number of likely N-dealkylation sites (N-methyl/N-ethyl adjacent to an activating group) is 1. The quantitative estimate of drug-likeness (QED) is 0.929. The van der Waals surface area contributed by atoms with Crippen molar-refractivity contribution in [1.82, 2.24) is 10.2 Å². The number of piperidine rings is 1. The number of halogens is 1. The van der Waals surface area contributed by atoms with E-state index in [4.69, 9.17) is 11.6 Å². The van der Waals surface area contributed by atoms with Crippen molar-refractivity contribution in [1.29, 1.82) is 0 Å². The fourth-order valence-corrected chi connectivity index (χ4v) is 3.35. The van der Waals surface area contributed by atoms with E-state index < -0.39 is 0 Å². The zero-order chi connectivity index (χ0) is 14.2. The molecule has 1 atom stereocenters. The normalized spacial score (nSPS) is 24.5. The van der Waals surface area contributed by atoms with Crippen LogP contribution in [0.3, 0.4) is 0 Å². The van der Waals surface area contributed by atoms with Crippen LogP contribution in [0.25, 0.3) is 0 Å². The lowest BCUT2D eigenvalue weighted by Gasteiger charge is -2.35. The number of hydrogen-bond donors (Lipinski definition) is 1. The van der Waals surface area contributed by atoms with Crippen molar-refractivity contribution in [2.75, 3.05) is 20.1 Å². The van der Waals surface area contributed by atoms with Crippen molar-refractivity contribution in [3.63, 3.8) is 0 Å². The van der Waals surface area contributed by atoms with Gasteiger partial charge in [-0.3, -0.25) is 4.79 Å². The van der Waals surface area contributed by atoms with Gasteiger partial charge in [-0.2, -0.15) is 0 Å². The van der Waals surface area contributed by atoms with E-state index >= 15 is 0 Å². The van der Waals surface area contributed by atoms with Gasteiger partial charge in [0, 0.05) is 24.2 Å². The van der Waals surface area contributed by atoms with Crippen molar-refractivity contribution < 1.29 is 4.79 Å². The molecule has 1 aliphatic heterocycles. The molecular weight excluding hydrogens is 272 g/mol. The Morgan fingerprint density at radius 2 is 2.05 bits per heavy atom. The van der Waals surface area contributed by atoms with Gasteiger partial charge >= 0.3 is 0 Å². The second-order valence-corrected chi connectivity index (χ2v) is 6.40. The van der Waals surface area contributed by atoms with Gasteiger partial charge in [0.25, 0.3) is 0 Å². The van der Waals surface area contributed by atoms with Crippen LogP contribution in [-0.4, -0.2) is 37.0 Å². The molecule has 2 aliphatic rings. The molecule has 0 radical (unpaired) electrons. The number of nitrogens with zero attached hydrogens (tertiary/aromatic N) is 1. The molecule has 2 fully saturated rings. The van der Waals surface area contributed by atoms with Crippen LogP contribution in [0.5, 0.6) is 0 Å². The topological polar surface area (TPSA) is 32.3 Å². The third-order valence-electron chi connectivity index (χ3n) is 4.67. The van der Waals surface area contributed by atoms with E-state index in [0.29, 0.717) is 11.9 Å². The second-order valence-electron chi connectivity index (χ2n) is 5.97. The van der Waals surface area contributed by atoms with Crippen molar-refractivity contribution in [3.05, 3.63) is 34.9 Å². The maximum atomic E-state index is 12.9. The number of likely N-dealkylation sites (tertiary alicyclic amines) is 1. The van der Waals surface area contributed by atoms with Crippen LogP contribution in [0.1, 0.15) is 31.2 Å². The lowest BCUT2D eigenvalue weighted by atomic mass is 9.93. The number of amides is 1. The lowest BCUT2D eigenvalue weighted by molar-refractivity contribution is -0.135. The first-order valence-electron chi connectivity index (χ1n) is 7.38. The number of benzene rings is 1. The highest BCUT2D eigenvalue weighted by Gasteiger charge is 2.53. The van der Waals surface area contributed by atoms with Crippen molar-refractivity contribution in [3.8, 4) is 0 Å². The van der Waals surface area contributed by atoms with Gasteiger partial charge in [0.15, 0.2) is 0 Å². The Balaban J connectivity index is 1.77. The van der Waals surface area contributed by atoms with Crippen LogP contribution < -0.4 is 5.32 Å². The van der Waals surface area contributed by atoms with E-state index in [1.54, 1.807) is 0 Å². The smallest absolute Gasteiger partial charge is 0.233 e. The molecule has 1 aromatic rings. The zero-order valence-electron chi connectivity index (χ0n) is 11.9. The predicted molar refractivity (Wildman–Crippen MR) is 81.0 cm³/mol. The molecule has 1 aliphatic carbocycles. The van der Waals surface area contributed by atoms with Crippen molar-refractivity contribution >= 4 is 17.5 Å². The Labute approximate surface area is 125 Å². The van der Waals surface area contributed by atoms with E-state index in [2.05, 4.69) is 5.32 Å². The molecule has 1 unspecified atom stereocenters. The zero-order valence-corrected chi connectivity index (χ0v) is 12.6. The van der Waals surface area contributed by atoms with Crippen LogP contribution >= 0.6 is 11.6 Å². The average Bonchev–Trinajstić information content (AvgIpc) is 3.29. The summed E-state index contributed by atoms with van der Waals surface area (Å²) in [6.07, 6.45) is 4.19. The predicted octanol–water partition coefficient (Wildman–Crippen LogP) is 2.58. The van der Waals surface area contributed by atoms with E-state index in [1.807, 2.05) is 36.2 Å². The van der Waals surface area contributed by atoms with Gasteiger partial charge in [0.1, 0.15) is 0 Å². The number of carbonyl (C=O) groups is 1. The maximum absolute atomic E-state index is 12.9. The summed E-state index contributed by atoms with van der Waals surface area (Å²) in [7, 11) is 1.98. The molecule has 1 heterocycles. The number of nitrogens with one attached hydrogen (secondary N) is 1. The van der Waals surface area contributed by atoms with Gasteiger partial charge in [-0.15, -0.1) is 0 Å². The first-order valence-corrected chi connectivity index (χ1v) is 7.76. The van der Waals surface area contributed by atoms with Crippen LogP contribution in [0.15, 0.2) is 24.3 Å². The monoisotopic (exact) mass is 292 g/mol. The van der Waals surface area contributed by atoms with Crippen molar-refractivity contribution in [2.24, 2.45) is 0 Å². The van der Waals surface area contributed by atoms with Gasteiger partial charge in [-0.25, -0.2) is 0 Å². The molecule has 4 heteroatoms. The summed E-state index contributed by atoms with van der Waals surface area (Å²) < 4.78 is 0. The maximum Gasteiger partial charge on any atom is 0.233 e. The summed E-state index contributed by atoms with van der Waals surface area (Å²) in [5.74, 6) is 0.305. The largest absolute Gasteiger partial charge is 0.340 e. The molecule has 1 aromatic carbocycles. The van der Waals surface area contributed by atoms with Crippen molar-refractivity contribution in [2.45, 2.75) is 37.1 Å². The minimum Gasteiger partial charge on any atom is -0.340 e. The Hall–Kier alpha value is -1.06. The van der Waals surface area contributed by atoms with Gasteiger partial charge in [-0.1, -0.05) is 23.7 Å². The molecule has 20 heavy (non-hydrogen) atoms. The van der Waals surface area contributed by atoms with Gasteiger partial charge in [-0.05, 0) is 50.4 Å². The molecule has 1 saturated heterocycles. The lowest BCUT2D eigenvalue weighted by Crippen LogP contribution is -2.50. The third kappa shape index (κ3) is 2.45. The Bertz CT molecular complexity index is 496. The summed E-state index contributed by atoms with van der Waals surface area (Å²) in [5, 5.41) is 4.02. The number of carbonyl (C=O) groups excluding carboxylic acids is 1. The van der Waals surface area contributed by atoms with Gasteiger partial charge in [0.05, 0.1) is 5.41 Å². The average molecular weight is 293 g/mol. The van der Waals surface area contributed by atoms with E-state index in [-0.39, 0.29) is 5.41 Å². The van der Waals surface area contributed by atoms with Crippen LogP contribution in [0, 0.1) is 0 Å². The van der Waals surface area contributed by atoms with Gasteiger partial charge in [0.2, 0.25) is 5.91 Å². The van der Waals surface area contributed by atoms with E-state index in [0.717, 1.165) is 49.4 Å². The molecule has 108 valence electrons. The summed E-state index contributed by atoms with van der Waals surface area (Å²) in [4.78, 5) is 14.9. The van der Waals surface area contributed by atoms with Crippen LogP contribution in [-0.2, 0) is 10.2 Å². The molecule has 3 rings (SSSR count). The number of hydrogen-bond acceptors (Lipinski definition) is 2. The SMILES string of the molecule is CNC1CCCN(C(=O)C2(c3ccc(Cl)cc3)CC2)C1. The molecule has 0 aromatic heterocycles. The van der Waals surface area contributed by atoms with Crippen LogP contribution in [0.2, 0.25) is 5.02 Å². The molecule has 0 spiro atoms. The first-order chi connectivity index (χ1) is 9.65. The second kappa shape index (κ2) is 5.38. The highest BCUT2D eigenvalue weighted by molar-refractivity contribution is 6.30. The summed E-state index contributed by atoms with van der Waals surface area (Å²) in [6, 6.07) is 8.22. The summed E-state index contributed by atoms with van der Waals surface area (Å²) >= 11 is 5.94. The van der Waals surface area contributed by atoms with Gasteiger partial charge < -0.3 is 10.2 Å². The Kier molecular flexibility index (Phi) is 3.74. The third-order valence-corrected chi connectivity index (χ3v) is 4.93. The fraction of sp³-hybridized carbons (Fsp3) is 0.562. The van der Waals surface area contributed by atoms with Crippen LogP contribution in [0.4, 0.5) is 0 Å². The minimum absolute atomic E-state index is 0.264. The number of rotatable bonds is 3. The van der Waals surface area contributed by atoms with E-state index in [9.17, 15) is 4.79 Å². The molecule has 1 N–H and O–H groups in total. The highest BCUT2D eigenvalue weighted by Crippen LogP contribution is 2.50. The Morgan fingerprint density at radius 1 is 1.35 bits per heavy atom. The van der Waals surface area contributed by atoms with E-state index in [1.165, 1.54) is 0 Å². The molecular formula is C16H21ClN2O. The molecule has 3 nitrogen and oxygen atoms in total. The molecule has 1 saturated carbocycles. The standard InChI is InChI=1S/C16H21ClN2O/c1-18-14-3-2-10-19(11-14)15(20)16(8-9-16)12-4-6-13(17)7-5-12/h4-7,14,18H,2-3,8-11H2,1H3.